The van der Waals surface area contributed by atoms with Gasteiger partial charge in [-0.15, -0.1) is 12.4 Å². The number of benzene rings is 1. The molecule has 24 heavy (non-hydrogen) atoms. The van der Waals surface area contributed by atoms with Crippen molar-refractivity contribution >= 4 is 18.4 Å². The Hall–Kier alpha value is -1.99. The molecule has 0 saturated heterocycles. The van der Waals surface area contributed by atoms with Crippen LogP contribution in [0.5, 0.6) is 0 Å². The van der Waals surface area contributed by atoms with E-state index in [9.17, 15) is 9.18 Å². The molecule has 0 fully saturated rings. The summed E-state index contributed by atoms with van der Waals surface area (Å²) < 4.78 is 18.9. The van der Waals surface area contributed by atoms with Crippen molar-refractivity contribution in [3.05, 3.63) is 35.5 Å². The minimum Gasteiger partial charge on any atom is -0.480 e. The third-order valence-corrected chi connectivity index (χ3v) is 3.63. The van der Waals surface area contributed by atoms with E-state index in [0.717, 1.165) is 6.42 Å². The molecule has 1 N–H and O–H groups in total. The maximum Gasteiger partial charge on any atom is 0.317 e. The lowest BCUT2D eigenvalue weighted by atomic mass is 10.1. The first-order valence-corrected chi connectivity index (χ1v) is 7.48. The van der Waals surface area contributed by atoms with Gasteiger partial charge in [0.1, 0.15) is 5.82 Å². The van der Waals surface area contributed by atoms with Crippen LogP contribution in [-0.4, -0.2) is 39.2 Å². The zero-order valence-corrected chi connectivity index (χ0v) is 14.6. The van der Waals surface area contributed by atoms with Crippen molar-refractivity contribution in [2.45, 2.75) is 33.2 Å². The summed E-state index contributed by atoms with van der Waals surface area (Å²) in [6.45, 7) is 5.95. The summed E-state index contributed by atoms with van der Waals surface area (Å²) >= 11 is 0. The van der Waals surface area contributed by atoms with Crippen LogP contribution in [-0.2, 0) is 4.79 Å². The van der Waals surface area contributed by atoms with E-state index in [1.807, 2.05) is 13.8 Å². The van der Waals surface area contributed by atoms with Crippen molar-refractivity contribution in [1.29, 1.82) is 0 Å². The van der Waals surface area contributed by atoms with Crippen LogP contribution < -0.4 is 0 Å². The molecule has 1 atom stereocenters. The van der Waals surface area contributed by atoms with Crippen LogP contribution in [0.1, 0.15) is 37.8 Å². The second-order valence-electron chi connectivity index (χ2n) is 5.46. The minimum atomic E-state index is -0.911. The Morgan fingerprint density at radius 2 is 2.17 bits per heavy atom. The minimum absolute atomic E-state index is 0. The van der Waals surface area contributed by atoms with Gasteiger partial charge in [-0.2, -0.15) is 4.98 Å². The summed E-state index contributed by atoms with van der Waals surface area (Å²) in [4.78, 5) is 17.0. The molecule has 1 aromatic carbocycles. The van der Waals surface area contributed by atoms with E-state index in [2.05, 4.69) is 10.1 Å². The number of aromatic nitrogens is 2. The molecule has 2 aromatic rings. The molecule has 0 spiro atoms. The molecule has 132 valence electrons. The number of rotatable bonds is 7. The normalized spacial score (nSPS) is 12.0. The lowest BCUT2D eigenvalue weighted by molar-refractivity contribution is -0.139. The standard InChI is InChI=1S/C16H20FN3O3.ClH/c1-4-7-20(9-14(21)22)11(3)16-18-15(19-23-16)12-6-5-10(2)13(17)8-12;/h5-6,8,11H,4,7,9H2,1-3H3,(H,21,22);1H. The van der Waals surface area contributed by atoms with Gasteiger partial charge in [0.25, 0.3) is 0 Å². The SMILES string of the molecule is CCCN(CC(=O)O)C(C)c1nc(-c2ccc(C)c(F)c2)no1.Cl. The highest BCUT2D eigenvalue weighted by Crippen LogP contribution is 2.23. The van der Waals surface area contributed by atoms with Gasteiger partial charge >= 0.3 is 5.97 Å². The highest BCUT2D eigenvalue weighted by Gasteiger charge is 2.23. The van der Waals surface area contributed by atoms with E-state index >= 15 is 0 Å². The number of aryl methyl sites for hydroxylation is 1. The van der Waals surface area contributed by atoms with Gasteiger partial charge in [-0.25, -0.2) is 4.39 Å². The van der Waals surface area contributed by atoms with Crippen LogP contribution in [0.3, 0.4) is 0 Å². The van der Waals surface area contributed by atoms with Crippen LogP contribution in [0.25, 0.3) is 11.4 Å². The molecule has 1 heterocycles. The lowest BCUT2D eigenvalue weighted by Gasteiger charge is -2.23. The summed E-state index contributed by atoms with van der Waals surface area (Å²) in [7, 11) is 0. The topological polar surface area (TPSA) is 79.5 Å². The molecular weight excluding hydrogens is 337 g/mol. The average molecular weight is 358 g/mol. The molecule has 1 unspecified atom stereocenters. The summed E-state index contributed by atoms with van der Waals surface area (Å²) in [6, 6.07) is 4.40. The summed E-state index contributed by atoms with van der Waals surface area (Å²) in [6.07, 6.45) is 0.807. The predicted octanol–water partition coefficient (Wildman–Crippen LogP) is 3.46. The van der Waals surface area contributed by atoms with E-state index in [1.54, 1.807) is 24.0 Å². The van der Waals surface area contributed by atoms with Gasteiger partial charge in [-0.1, -0.05) is 24.2 Å². The number of hydrogen-bond donors (Lipinski definition) is 1. The largest absolute Gasteiger partial charge is 0.480 e. The molecule has 0 saturated carbocycles. The van der Waals surface area contributed by atoms with Crippen LogP contribution in [0.4, 0.5) is 4.39 Å². The van der Waals surface area contributed by atoms with Crippen molar-refractivity contribution in [3.63, 3.8) is 0 Å². The van der Waals surface area contributed by atoms with Crippen molar-refractivity contribution < 1.29 is 18.8 Å². The fourth-order valence-electron chi connectivity index (χ4n) is 2.28. The van der Waals surface area contributed by atoms with E-state index < -0.39 is 5.97 Å². The first-order valence-electron chi connectivity index (χ1n) is 7.48. The highest BCUT2D eigenvalue weighted by atomic mass is 35.5. The number of aliphatic carboxylic acids is 1. The molecule has 6 nitrogen and oxygen atoms in total. The summed E-state index contributed by atoms with van der Waals surface area (Å²) in [5.41, 5.74) is 1.07. The zero-order valence-electron chi connectivity index (χ0n) is 13.8. The number of hydrogen-bond acceptors (Lipinski definition) is 5. The monoisotopic (exact) mass is 357 g/mol. The molecule has 0 bridgehead atoms. The van der Waals surface area contributed by atoms with Crippen LogP contribution >= 0.6 is 12.4 Å². The first-order chi connectivity index (χ1) is 10.9. The van der Waals surface area contributed by atoms with Gasteiger partial charge in [0.05, 0.1) is 12.6 Å². The molecule has 0 radical (unpaired) electrons. The van der Waals surface area contributed by atoms with Gasteiger partial charge in [-0.3, -0.25) is 9.69 Å². The van der Waals surface area contributed by atoms with Gasteiger partial charge in [-0.05, 0) is 38.4 Å². The Morgan fingerprint density at radius 3 is 2.75 bits per heavy atom. The highest BCUT2D eigenvalue weighted by molar-refractivity contribution is 5.85. The van der Waals surface area contributed by atoms with Gasteiger partial charge < -0.3 is 9.63 Å². The molecule has 0 aliphatic rings. The number of carbonyl (C=O) groups is 1. The Kier molecular flexibility index (Phi) is 7.31. The van der Waals surface area contributed by atoms with Crippen molar-refractivity contribution in [2.24, 2.45) is 0 Å². The number of halogens is 2. The second-order valence-corrected chi connectivity index (χ2v) is 5.46. The van der Waals surface area contributed by atoms with Crippen molar-refractivity contribution in [3.8, 4) is 11.4 Å². The Labute approximate surface area is 146 Å². The maximum atomic E-state index is 13.6. The Balaban J connectivity index is 0.00000288. The van der Waals surface area contributed by atoms with Crippen LogP contribution in [0.2, 0.25) is 0 Å². The van der Waals surface area contributed by atoms with Crippen molar-refractivity contribution in [1.82, 2.24) is 15.0 Å². The van der Waals surface area contributed by atoms with E-state index in [1.165, 1.54) is 6.07 Å². The third-order valence-electron chi connectivity index (χ3n) is 3.63. The van der Waals surface area contributed by atoms with Gasteiger partial charge in [0.15, 0.2) is 0 Å². The molecule has 2 rings (SSSR count). The second kappa shape index (κ2) is 8.75. The lowest BCUT2D eigenvalue weighted by Crippen LogP contribution is -2.33. The van der Waals surface area contributed by atoms with E-state index in [-0.39, 0.29) is 36.6 Å². The van der Waals surface area contributed by atoms with Crippen LogP contribution in [0, 0.1) is 12.7 Å². The summed E-state index contributed by atoms with van der Waals surface area (Å²) in [5.74, 6) is -0.640. The predicted molar refractivity (Wildman–Crippen MR) is 89.6 cm³/mol. The third kappa shape index (κ3) is 4.75. The van der Waals surface area contributed by atoms with Crippen molar-refractivity contribution in [2.75, 3.05) is 13.1 Å². The first kappa shape index (κ1) is 20.1. The fraction of sp³-hybridized carbons (Fsp3) is 0.438. The molecule has 0 aliphatic heterocycles. The maximum absolute atomic E-state index is 13.6. The Bertz CT molecular complexity index is 693. The van der Waals surface area contributed by atoms with E-state index in [4.69, 9.17) is 9.63 Å². The molecule has 1 aromatic heterocycles. The quantitative estimate of drug-likeness (QED) is 0.817. The number of carboxylic acids is 1. The zero-order chi connectivity index (χ0) is 17.0. The smallest absolute Gasteiger partial charge is 0.317 e. The summed E-state index contributed by atoms with van der Waals surface area (Å²) in [5, 5.41) is 12.9. The van der Waals surface area contributed by atoms with Crippen LogP contribution in [0.15, 0.2) is 22.7 Å². The number of nitrogens with zero attached hydrogens (tertiary/aromatic N) is 3. The molecular formula is C16H21ClFN3O3. The molecule has 0 amide bonds. The Morgan fingerprint density at radius 1 is 1.46 bits per heavy atom. The van der Waals surface area contributed by atoms with E-state index in [0.29, 0.717) is 23.6 Å². The fourth-order valence-corrected chi connectivity index (χ4v) is 2.28. The average Bonchev–Trinajstić information content (AvgIpc) is 2.98. The van der Waals surface area contributed by atoms with Gasteiger partial charge in [0.2, 0.25) is 11.7 Å². The molecule has 8 heteroatoms. The van der Waals surface area contributed by atoms with Gasteiger partial charge in [0, 0.05) is 5.56 Å². The molecule has 0 aliphatic carbocycles. The number of carboxylic acid groups (broad SMARTS) is 1.